The fraction of sp³-hybridized carbons (Fsp3) is 0.636. The Morgan fingerprint density at radius 3 is 2.89 bits per heavy atom. The fourth-order valence-corrected chi connectivity index (χ4v) is 6.30. The molecule has 0 aromatic carbocycles. The van der Waals surface area contributed by atoms with E-state index >= 15 is 0 Å². The lowest BCUT2D eigenvalue weighted by atomic mass is 9.74. The molecule has 0 spiro atoms. The molecule has 1 aliphatic carbocycles. The third-order valence-electron chi connectivity index (χ3n) is 7.21. The van der Waals surface area contributed by atoms with Gasteiger partial charge in [0.1, 0.15) is 0 Å². The van der Waals surface area contributed by atoms with Crippen LogP contribution < -0.4 is 5.32 Å². The average molecular weight is 399 g/mol. The fourth-order valence-electron chi connectivity index (χ4n) is 5.66. The first-order valence-corrected chi connectivity index (χ1v) is 11.7. The van der Waals surface area contributed by atoms with Crippen molar-refractivity contribution in [3.05, 3.63) is 39.8 Å². The molecule has 1 unspecified atom stereocenters. The maximum Gasteiger partial charge on any atom is 0.261 e. The number of piperidine rings is 3. The summed E-state index contributed by atoms with van der Waals surface area (Å²) in [5.74, 6) is 2.05. The summed E-state index contributed by atoms with van der Waals surface area (Å²) < 4.78 is 2.16. The number of hydrogen-bond acceptors (Lipinski definition) is 4. The van der Waals surface area contributed by atoms with Crippen molar-refractivity contribution in [2.45, 2.75) is 56.4 Å². The van der Waals surface area contributed by atoms with Gasteiger partial charge in [-0.25, -0.2) is 0 Å². The molecule has 4 aliphatic rings. The van der Waals surface area contributed by atoms with Crippen LogP contribution in [0.15, 0.2) is 23.6 Å². The second-order valence-electron chi connectivity index (χ2n) is 8.83. The summed E-state index contributed by atoms with van der Waals surface area (Å²) in [6.45, 7) is 3.03. The van der Waals surface area contributed by atoms with Gasteiger partial charge in [0.2, 0.25) is 0 Å². The van der Waals surface area contributed by atoms with Crippen LogP contribution in [-0.4, -0.2) is 46.3 Å². The molecule has 3 aliphatic heterocycles. The largest absolute Gasteiger partial charge is 0.350 e. The topological polar surface area (TPSA) is 50.2 Å². The van der Waals surface area contributed by atoms with Crippen molar-refractivity contribution in [3.8, 4) is 0 Å². The zero-order valence-electron chi connectivity index (χ0n) is 16.6. The highest BCUT2D eigenvalue weighted by molar-refractivity contribution is 7.12. The maximum absolute atomic E-state index is 12.3. The second kappa shape index (κ2) is 7.64. The Labute approximate surface area is 171 Å². The third-order valence-corrected chi connectivity index (χ3v) is 8.08. The number of fused-ring (bicyclic) bond motifs is 3. The number of aryl methyl sites for hydroxylation is 1. The lowest BCUT2D eigenvalue weighted by molar-refractivity contribution is 0.0280. The second-order valence-corrected chi connectivity index (χ2v) is 9.77. The number of hydrogen-bond donors (Lipinski definition) is 1. The molecule has 5 nitrogen and oxygen atoms in total. The van der Waals surface area contributed by atoms with Crippen LogP contribution >= 0.6 is 11.3 Å². The van der Waals surface area contributed by atoms with Crippen molar-refractivity contribution >= 4 is 17.2 Å². The number of carbonyl (C=O) groups is 1. The van der Waals surface area contributed by atoms with E-state index in [9.17, 15) is 4.79 Å². The van der Waals surface area contributed by atoms with E-state index in [-0.39, 0.29) is 5.91 Å². The molecule has 150 valence electrons. The zero-order valence-corrected chi connectivity index (χ0v) is 17.5. The summed E-state index contributed by atoms with van der Waals surface area (Å²) >= 11 is 1.51. The predicted molar refractivity (Wildman–Crippen MR) is 112 cm³/mol. The zero-order chi connectivity index (χ0) is 19.1. The van der Waals surface area contributed by atoms with E-state index in [4.69, 9.17) is 5.10 Å². The SMILES string of the molecule is Cn1nc(C2CCCC2)cc1[C@H]1CN2CC[C@H]1C[C@@H]2CNC(=O)c1cccs1. The normalized spacial score (nSPS) is 30.0. The Hall–Kier alpha value is -1.66. The van der Waals surface area contributed by atoms with Crippen LogP contribution in [0.5, 0.6) is 0 Å². The van der Waals surface area contributed by atoms with E-state index < -0.39 is 0 Å². The predicted octanol–water partition coefficient (Wildman–Crippen LogP) is 3.75. The van der Waals surface area contributed by atoms with Crippen molar-refractivity contribution in [3.63, 3.8) is 0 Å². The van der Waals surface area contributed by atoms with Gasteiger partial charge in [-0.15, -0.1) is 11.3 Å². The van der Waals surface area contributed by atoms with Crippen molar-refractivity contribution in [1.29, 1.82) is 0 Å². The molecule has 5 heterocycles. The molecule has 4 fully saturated rings. The average Bonchev–Trinajstić information content (AvgIpc) is 3.47. The minimum atomic E-state index is 0.0713. The highest BCUT2D eigenvalue weighted by Crippen LogP contribution is 2.43. The lowest BCUT2D eigenvalue weighted by Gasteiger charge is -2.50. The van der Waals surface area contributed by atoms with Crippen LogP contribution in [0.25, 0.3) is 0 Å². The van der Waals surface area contributed by atoms with Gasteiger partial charge in [0.05, 0.1) is 10.6 Å². The molecule has 1 saturated carbocycles. The molecule has 2 aromatic rings. The number of rotatable bonds is 5. The summed E-state index contributed by atoms with van der Waals surface area (Å²) in [6.07, 6.45) is 7.78. The summed E-state index contributed by atoms with van der Waals surface area (Å²) in [5, 5.41) is 10.0. The van der Waals surface area contributed by atoms with Gasteiger partial charge in [-0.2, -0.15) is 5.10 Å². The number of thiophene rings is 1. The van der Waals surface area contributed by atoms with E-state index in [1.807, 2.05) is 17.5 Å². The number of carbonyl (C=O) groups excluding carboxylic acids is 1. The minimum Gasteiger partial charge on any atom is -0.350 e. The first-order valence-electron chi connectivity index (χ1n) is 10.8. The maximum atomic E-state index is 12.3. The molecule has 3 saturated heterocycles. The first-order chi connectivity index (χ1) is 13.7. The van der Waals surface area contributed by atoms with Crippen LogP contribution in [0.1, 0.15) is 71.4 Å². The van der Waals surface area contributed by atoms with Crippen molar-refractivity contribution in [1.82, 2.24) is 20.0 Å². The monoisotopic (exact) mass is 398 g/mol. The van der Waals surface area contributed by atoms with Crippen molar-refractivity contribution in [2.24, 2.45) is 13.0 Å². The molecular formula is C22H30N4OS. The molecule has 2 aromatic heterocycles. The molecule has 2 bridgehead atoms. The molecular weight excluding hydrogens is 368 g/mol. The van der Waals surface area contributed by atoms with Gasteiger partial charge >= 0.3 is 0 Å². The highest BCUT2D eigenvalue weighted by Gasteiger charge is 2.42. The van der Waals surface area contributed by atoms with Gasteiger partial charge in [0.25, 0.3) is 5.91 Å². The van der Waals surface area contributed by atoms with Gasteiger partial charge in [-0.05, 0) is 55.7 Å². The summed E-state index contributed by atoms with van der Waals surface area (Å²) in [7, 11) is 2.13. The molecule has 1 amide bonds. The van der Waals surface area contributed by atoms with Crippen LogP contribution in [-0.2, 0) is 7.05 Å². The van der Waals surface area contributed by atoms with Crippen LogP contribution in [0.2, 0.25) is 0 Å². The van der Waals surface area contributed by atoms with E-state index in [0.717, 1.165) is 24.5 Å². The van der Waals surface area contributed by atoms with Gasteiger partial charge in [-0.1, -0.05) is 18.9 Å². The molecule has 6 heteroatoms. The summed E-state index contributed by atoms with van der Waals surface area (Å²) in [4.78, 5) is 15.7. The Morgan fingerprint density at radius 1 is 1.32 bits per heavy atom. The molecule has 6 rings (SSSR count). The van der Waals surface area contributed by atoms with E-state index in [1.54, 1.807) is 0 Å². The van der Waals surface area contributed by atoms with Gasteiger partial charge in [-0.3, -0.25) is 14.4 Å². The Morgan fingerprint density at radius 2 is 2.18 bits per heavy atom. The van der Waals surface area contributed by atoms with Crippen LogP contribution in [0.3, 0.4) is 0 Å². The standard InChI is InChI=1S/C22H30N4OS/c1-25-20(12-19(24-25)15-5-2-3-6-15)18-14-26-9-8-16(18)11-17(26)13-23-22(27)21-7-4-10-28-21/h4,7,10,12,15-18H,2-3,5-6,8-9,11,13-14H2,1H3,(H,23,27)/t16-,17+,18-/m0/s1. The molecule has 1 N–H and O–H groups in total. The van der Waals surface area contributed by atoms with Gasteiger partial charge in [0.15, 0.2) is 0 Å². The molecule has 28 heavy (non-hydrogen) atoms. The summed E-state index contributed by atoms with van der Waals surface area (Å²) in [6, 6.07) is 6.72. The quantitative estimate of drug-likeness (QED) is 0.835. The highest BCUT2D eigenvalue weighted by atomic mass is 32.1. The third kappa shape index (κ3) is 3.41. The molecule has 0 radical (unpaired) electrons. The van der Waals surface area contributed by atoms with Gasteiger partial charge < -0.3 is 5.32 Å². The van der Waals surface area contributed by atoms with Gasteiger partial charge in [0, 0.05) is 43.7 Å². The Balaban J connectivity index is 1.24. The number of aromatic nitrogens is 2. The number of amides is 1. The number of nitrogens with zero attached hydrogens (tertiary/aromatic N) is 3. The number of nitrogens with one attached hydrogen (secondary N) is 1. The van der Waals surface area contributed by atoms with E-state index in [1.165, 1.54) is 61.2 Å². The summed E-state index contributed by atoms with van der Waals surface area (Å²) in [5.41, 5.74) is 2.75. The molecule has 4 atom stereocenters. The first kappa shape index (κ1) is 18.4. The smallest absolute Gasteiger partial charge is 0.261 e. The van der Waals surface area contributed by atoms with Crippen LogP contribution in [0.4, 0.5) is 0 Å². The minimum absolute atomic E-state index is 0.0713. The Bertz CT molecular complexity index is 824. The van der Waals surface area contributed by atoms with Crippen LogP contribution in [0, 0.1) is 5.92 Å². The van der Waals surface area contributed by atoms with E-state index in [0.29, 0.717) is 23.8 Å². The Kier molecular flexibility index (Phi) is 5.01. The van der Waals surface area contributed by atoms with E-state index in [2.05, 4.69) is 28.0 Å². The van der Waals surface area contributed by atoms with Crippen molar-refractivity contribution in [2.75, 3.05) is 19.6 Å². The van der Waals surface area contributed by atoms with Crippen molar-refractivity contribution < 1.29 is 4.79 Å². The lowest BCUT2D eigenvalue weighted by Crippen LogP contribution is -2.56.